The van der Waals surface area contributed by atoms with Gasteiger partial charge in [-0.25, -0.2) is 4.79 Å². The van der Waals surface area contributed by atoms with Gasteiger partial charge >= 0.3 is 11.9 Å². The number of carboxylic acid groups (broad SMARTS) is 2. The van der Waals surface area contributed by atoms with Gasteiger partial charge in [-0.3, -0.25) is 19.7 Å². The van der Waals surface area contributed by atoms with Crippen LogP contribution in [0.4, 0.5) is 0 Å². The summed E-state index contributed by atoms with van der Waals surface area (Å²) < 4.78 is 0. The average molecular weight is 547 g/mol. The van der Waals surface area contributed by atoms with Crippen molar-refractivity contribution in [1.82, 2.24) is 10.6 Å². The van der Waals surface area contributed by atoms with Gasteiger partial charge < -0.3 is 20.6 Å². The van der Waals surface area contributed by atoms with Gasteiger partial charge in [0.1, 0.15) is 12.3 Å². The summed E-state index contributed by atoms with van der Waals surface area (Å²) >= 11 is 3.58. The van der Waals surface area contributed by atoms with Gasteiger partial charge in [0, 0.05) is 12.8 Å². The van der Waals surface area contributed by atoms with Crippen LogP contribution < -0.4 is 10.6 Å². The molecule has 0 aliphatic rings. The number of carboxylic acids is 2. The van der Waals surface area contributed by atoms with Crippen molar-refractivity contribution in [2.24, 2.45) is 0 Å². The van der Waals surface area contributed by atoms with Crippen LogP contribution in [-0.2, 0) is 19.2 Å². The topological polar surface area (TPSA) is 153 Å². The average Bonchev–Trinajstić information content (AvgIpc) is 2.84. The highest BCUT2D eigenvalue weighted by molar-refractivity contribution is 7.96. The minimum absolute atomic E-state index is 0.0617. The van der Waals surface area contributed by atoms with Gasteiger partial charge in [-0.15, -0.1) is 12.6 Å². The zero-order valence-corrected chi connectivity index (χ0v) is 23.3. The Balaban J connectivity index is 3.54. The largest absolute Gasteiger partial charge is 0.481 e. The number of aliphatic hydroxyl groups excluding tert-OH is 1. The van der Waals surface area contributed by atoms with Gasteiger partial charge in [-0.2, -0.15) is 0 Å². The van der Waals surface area contributed by atoms with Crippen molar-refractivity contribution in [2.45, 2.75) is 141 Å². The van der Waals surface area contributed by atoms with Gasteiger partial charge in [0.05, 0.1) is 6.54 Å². The van der Waals surface area contributed by atoms with Crippen molar-refractivity contribution in [2.75, 3.05) is 6.54 Å². The first-order chi connectivity index (χ1) is 17.7. The fraction of sp³-hybridized carbons (Fsp3) is 0.852. The van der Waals surface area contributed by atoms with Crippen LogP contribution in [0.5, 0.6) is 0 Å². The van der Waals surface area contributed by atoms with E-state index in [1.165, 1.54) is 57.8 Å². The van der Waals surface area contributed by atoms with Crippen LogP contribution in [0.3, 0.4) is 0 Å². The molecule has 37 heavy (non-hydrogen) atoms. The van der Waals surface area contributed by atoms with Crippen molar-refractivity contribution in [3.05, 3.63) is 0 Å². The summed E-state index contributed by atoms with van der Waals surface area (Å²) in [5.41, 5.74) is 0. The number of carbonyl (C=O) groups excluding carboxylic acids is 2. The van der Waals surface area contributed by atoms with Gasteiger partial charge in [0.15, 0.2) is 5.12 Å². The van der Waals surface area contributed by atoms with Gasteiger partial charge in [-0.05, 0) is 25.7 Å². The molecule has 10 heteroatoms. The van der Waals surface area contributed by atoms with E-state index in [1.54, 1.807) is 0 Å². The lowest BCUT2D eigenvalue weighted by atomic mass is 10.0. The lowest BCUT2D eigenvalue weighted by Gasteiger charge is -2.17. The molecule has 0 radical (unpaired) electrons. The number of thiol groups is 1. The van der Waals surface area contributed by atoms with Crippen LogP contribution in [0.1, 0.15) is 128 Å². The minimum atomic E-state index is -1.14. The molecular weight excluding hydrogens is 496 g/mol. The molecule has 0 fully saturated rings. The lowest BCUT2D eigenvalue weighted by molar-refractivity contribution is -0.142. The van der Waals surface area contributed by atoms with Crippen molar-refractivity contribution in [1.29, 1.82) is 0 Å². The highest BCUT2D eigenvalue weighted by Crippen LogP contribution is 2.14. The van der Waals surface area contributed by atoms with Crippen LogP contribution in [0.15, 0.2) is 0 Å². The summed E-state index contributed by atoms with van der Waals surface area (Å²) in [4.78, 5) is 44.7. The SMILES string of the molecule is O=C(O)CCCCCCCCCCCCCCCCCCC(=O)N[C@@H](CCC(O)NCC(=O)S)C(=O)O. The minimum Gasteiger partial charge on any atom is -0.481 e. The Morgan fingerprint density at radius 2 is 1.03 bits per heavy atom. The summed E-state index contributed by atoms with van der Waals surface area (Å²) in [5, 5.41) is 32.2. The first-order valence-electron chi connectivity index (χ1n) is 14.1. The normalized spacial score (nSPS) is 12.7. The second-order valence-electron chi connectivity index (χ2n) is 9.88. The zero-order valence-electron chi connectivity index (χ0n) is 22.4. The number of aliphatic hydroxyl groups is 1. The zero-order chi connectivity index (χ0) is 27.7. The standard InChI is InChI=1S/C27H50N2O7S/c30-23(28-21-26(34)37)20-19-22(27(35)36)29-24(31)17-15-13-11-9-7-5-3-1-2-4-6-8-10-12-14-16-18-25(32)33/h22-23,28,30H,1-21H2,(H,29,31)(H,32,33)(H,34,37)(H,35,36)/t22-,23?/m0/s1. The molecule has 0 aromatic heterocycles. The van der Waals surface area contributed by atoms with Crippen molar-refractivity contribution >= 4 is 35.6 Å². The van der Waals surface area contributed by atoms with E-state index in [0.717, 1.165) is 44.9 Å². The van der Waals surface area contributed by atoms with Crippen LogP contribution in [0.2, 0.25) is 0 Å². The van der Waals surface area contributed by atoms with Gasteiger partial charge in [-0.1, -0.05) is 89.9 Å². The Bertz CT molecular complexity index is 634. The Hall–Kier alpha value is -1.65. The molecule has 0 aromatic rings. The van der Waals surface area contributed by atoms with E-state index in [4.69, 9.17) is 5.11 Å². The third-order valence-corrected chi connectivity index (χ3v) is 6.55. The Morgan fingerprint density at radius 3 is 1.41 bits per heavy atom. The molecule has 0 rings (SSSR count). The van der Waals surface area contributed by atoms with E-state index in [2.05, 4.69) is 23.3 Å². The maximum absolute atomic E-state index is 12.1. The van der Waals surface area contributed by atoms with Crippen LogP contribution >= 0.6 is 12.6 Å². The molecule has 0 aliphatic carbocycles. The first-order valence-corrected chi connectivity index (χ1v) is 14.5. The predicted octanol–water partition coefficient (Wildman–Crippen LogP) is 4.81. The first kappa shape index (κ1) is 35.4. The van der Waals surface area contributed by atoms with E-state index in [1.807, 2.05) is 0 Å². The lowest BCUT2D eigenvalue weighted by Crippen LogP contribution is -2.42. The van der Waals surface area contributed by atoms with Gasteiger partial charge in [0.2, 0.25) is 5.91 Å². The van der Waals surface area contributed by atoms with Crippen LogP contribution in [0.25, 0.3) is 0 Å². The molecular formula is C27H50N2O7S. The highest BCUT2D eigenvalue weighted by atomic mass is 32.1. The number of hydrogen-bond donors (Lipinski definition) is 6. The van der Waals surface area contributed by atoms with Gasteiger partial charge in [0.25, 0.3) is 0 Å². The third kappa shape index (κ3) is 25.8. The molecule has 0 aromatic carbocycles. The molecule has 1 amide bonds. The molecule has 1 unspecified atom stereocenters. The van der Waals surface area contributed by atoms with E-state index in [9.17, 15) is 29.4 Å². The summed E-state index contributed by atoms with van der Waals surface area (Å²) in [6.07, 6.45) is 17.9. The van der Waals surface area contributed by atoms with Crippen molar-refractivity contribution in [3.63, 3.8) is 0 Å². The van der Waals surface area contributed by atoms with E-state index in [0.29, 0.717) is 12.8 Å². The number of carbonyl (C=O) groups is 4. The third-order valence-electron chi connectivity index (χ3n) is 6.40. The van der Waals surface area contributed by atoms with Crippen molar-refractivity contribution < 1.29 is 34.5 Å². The number of aliphatic carboxylic acids is 2. The molecule has 0 heterocycles. The number of rotatable bonds is 27. The molecule has 216 valence electrons. The Kier molecular flexibility index (Phi) is 23.6. The maximum Gasteiger partial charge on any atom is 0.326 e. The molecule has 5 N–H and O–H groups in total. The van der Waals surface area contributed by atoms with Crippen molar-refractivity contribution in [3.8, 4) is 0 Å². The van der Waals surface area contributed by atoms with E-state index >= 15 is 0 Å². The second kappa shape index (κ2) is 24.7. The number of hydrogen-bond acceptors (Lipinski definition) is 6. The molecule has 0 bridgehead atoms. The summed E-state index contributed by atoms with van der Waals surface area (Å²) in [6, 6.07) is -1.06. The number of amides is 1. The van der Waals surface area contributed by atoms with Crippen LogP contribution in [0, 0.1) is 0 Å². The summed E-state index contributed by atoms with van der Waals surface area (Å²) in [7, 11) is 0. The Labute approximate surface area is 228 Å². The molecule has 0 aliphatic heterocycles. The monoisotopic (exact) mass is 546 g/mol. The van der Waals surface area contributed by atoms with E-state index in [-0.39, 0.29) is 25.3 Å². The smallest absolute Gasteiger partial charge is 0.326 e. The predicted molar refractivity (Wildman–Crippen MR) is 148 cm³/mol. The molecule has 2 atom stereocenters. The highest BCUT2D eigenvalue weighted by Gasteiger charge is 2.21. The summed E-state index contributed by atoms with van der Waals surface area (Å²) in [6.45, 7) is -0.116. The second-order valence-corrected chi connectivity index (χ2v) is 10.4. The number of nitrogens with one attached hydrogen (secondary N) is 2. The quantitative estimate of drug-likeness (QED) is 0.0488. The van der Waals surface area contributed by atoms with Crippen LogP contribution in [-0.4, -0.2) is 57.1 Å². The molecule has 0 saturated heterocycles. The fourth-order valence-corrected chi connectivity index (χ4v) is 4.28. The Morgan fingerprint density at radius 1 is 0.622 bits per heavy atom. The fourth-order valence-electron chi connectivity index (χ4n) is 4.19. The summed E-state index contributed by atoms with van der Waals surface area (Å²) in [5.74, 6) is -2.13. The number of unbranched alkanes of at least 4 members (excludes halogenated alkanes) is 15. The maximum atomic E-state index is 12.1. The van der Waals surface area contributed by atoms with E-state index < -0.39 is 29.3 Å². The molecule has 0 spiro atoms. The molecule has 0 saturated carbocycles. The molecule has 9 nitrogen and oxygen atoms in total.